The molecule has 100 valence electrons. The highest BCUT2D eigenvalue weighted by Crippen LogP contribution is 2.48. The largest absolute Gasteiger partial charge is 0.331 e. The van der Waals surface area contributed by atoms with Crippen molar-refractivity contribution >= 4 is 0 Å². The van der Waals surface area contributed by atoms with Gasteiger partial charge in [-0.15, -0.1) is 0 Å². The molecule has 3 rings (SSSR count). The molecule has 18 heavy (non-hydrogen) atoms. The van der Waals surface area contributed by atoms with Crippen LogP contribution in [0.25, 0.3) is 0 Å². The van der Waals surface area contributed by atoms with Crippen LogP contribution in [0.15, 0.2) is 6.20 Å². The van der Waals surface area contributed by atoms with E-state index in [1.807, 2.05) is 6.20 Å². The molecule has 0 radical (unpaired) electrons. The predicted molar refractivity (Wildman–Crippen MR) is 73.3 cm³/mol. The lowest BCUT2D eigenvalue weighted by atomic mass is 9.89. The number of nitrogens with one attached hydrogen (secondary N) is 1. The summed E-state index contributed by atoms with van der Waals surface area (Å²) >= 11 is 0. The Morgan fingerprint density at radius 2 is 2.28 bits per heavy atom. The summed E-state index contributed by atoms with van der Waals surface area (Å²) < 4.78 is 2.45. The highest BCUT2D eigenvalue weighted by atomic mass is 15.1. The zero-order valence-corrected chi connectivity index (χ0v) is 11.7. The summed E-state index contributed by atoms with van der Waals surface area (Å²) in [6, 6.07) is 0. The Morgan fingerprint density at radius 3 is 2.94 bits per heavy atom. The molecular formula is C15H25N3. The minimum atomic E-state index is 0.914. The Labute approximate surface area is 110 Å². The number of rotatable bonds is 5. The summed E-state index contributed by atoms with van der Waals surface area (Å²) in [6.07, 6.45) is 7.98. The minimum Gasteiger partial charge on any atom is -0.331 e. The van der Waals surface area contributed by atoms with Gasteiger partial charge in [-0.3, -0.25) is 0 Å². The number of hydrogen-bond donors (Lipinski definition) is 1. The number of aryl methyl sites for hydroxylation is 1. The standard InChI is InChI=1S/C15H25N3/c1-3-16-8-15-9-17-11(2)18(15)10-14-7-12-4-5-13(14)6-12/h9,12-14,16H,3-8,10H2,1-2H3. The van der Waals surface area contributed by atoms with Gasteiger partial charge in [-0.1, -0.05) is 13.3 Å². The van der Waals surface area contributed by atoms with Gasteiger partial charge in [0.2, 0.25) is 0 Å². The van der Waals surface area contributed by atoms with Crippen molar-refractivity contribution in [1.29, 1.82) is 0 Å². The van der Waals surface area contributed by atoms with Gasteiger partial charge in [0.1, 0.15) is 5.82 Å². The Morgan fingerprint density at radius 1 is 1.39 bits per heavy atom. The van der Waals surface area contributed by atoms with Gasteiger partial charge in [0.15, 0.2) is 0 Å². The normalized spacial score (nSPS) is 30.2. The number of imidazole rings is 1. The van der Waals surface area contributed by atoms with Crippen LogP contribution in [0.3, 0.4) is 0 Å². The average molecular weight is 247 g/mol. The van der Waals surface area contributed by atoms with Crippen molar-refractivity contribution in [2.75, 3.05) is 6.54 Å². The highest BCUT2D eigenvalue weighted by Gasteiger charge is 2.39. The maximum absolute atomic E-state index is 4.50. The van der Waals surface area contributed by atoms with Gasteiger partial charge in [0, 0.05) is 19.3 Å². The summed E-state index contributed by atoms with van der Waals surface area (Å²) in [4.78, 5) is 4.50. The lowest BCUT2D eigenvalue weighted by molar-refractivity contribution is 0.290. The summed E-state index contributed by atoms with van der Waals surface area (Å²) in [5, 5.41) is 3.42. The second kappa shape index (κ2) is 5.04. The number of fused-ring (bicyclic) bond motifs is 2. The van der Waals surface area contributed by atoms with Crippen molar-refractivity contribution in [1.82, 2.24) is 14.9 Å². The molecule has 1 heterocycles. The number of nitrogens with zero attached hydrogens (tertiary/aromatic N) is 2. The van der Waals surface area contributed by atoms with E-state index in [0.717, 1.165) is 30.8 Å². The van der Waals surface area contributed by atoms with Gasteiger partial charge in [0.25, 0.3) is 0 Å². The molecule has 3 atom stereocenters. The fourth-order valence-electron chi connectivity index (χ4n) is 3.99. The van der Waals surface area contributed by atoms with E-state index >= 15 is 0 Å². The molecule has 3 unspecified atom stereocenters. The van der Waals surface area contributed by atoms with Crippen LogP contribution in [0, 0.1) is 24.7 Å². The topological polar surface area (TPSA) is 29.9 Å². The molecule has 0 saturated heterocycles. The first-order valence-electron chi connectivity index (χ1n) is 7.49. The van der Waals surface area contributed by atoms with Gasteiger partial charge in [0.05, 0.1) is 5.69 Å². The SMILES string of the molecule is CCNCc1cnc(C)n1CC1CC2CCC1C2. The molecule has 1 aromatic rings. The van der Waals surface area contributed by atoms with Crippen LogP contribution >= 0.6 is 0 Å². The Kier molecular flexibility index (Phi) is 3.42. The quantitative estimate of drug-likeness (QED) is 0.867. The van der Waals surface area contributed by atoms with Crippen LogP contribution in [-0.4, -0.2) is 16.1 Å². The first-order valence-corrected chi connectivity index (χ1v) is 7.49. The molecule has 2 saturated carbocycles. The van der Waals surface area contributed by atoms with E-state index in [1.165, 1.54) is 43.7 Å². The van der Waals surface area contributed by atoms with Gasteiger partial charge in [-0.05, 0) is 50.5 Å². The van der Waals surface area contributed by atoms with Crippen molar-refractivity contribution in [3.8, 4) is 0 Å². The van der Waals surface area contributed by atoms with Crippen molar-refractivity contribution in [2.45, 2.75) is 52.6 Å². The second-order valence-electron chi connectivity index (χ2n) is 6.12. The maximum atomic E-state index is 4.50. The molecule has 2 bridgehead atoms. The first-order chi connectivity index (χ1) is 8.78. The molecule has 1 aromatic heterocycles. The van der Waals surface area contributed by atoms with E-state index in [0.29, 0.717) is 0 Å². The number of aromatic nitrogens is 2. The number of hydrogen-bond acceptors (Lipinski definition) is 2. The van der Waals surface area contributed by atoms with Gasteiger partial charge >= 0.3 is 0 Å². The van der Waals surface area contributed by atoms with Crippen molar-refractivity contribution in [3.63, 3.8) is 0 Å². The van der Waals surface area contributed by atoms with Gasteiger partial charge in [-0.2, -0.15) is 0 Å². The summed E-state index contributed by atoms with van der Waals surface area (Å²) in [6.45, 7) is 7.48. The van der Waals surface area contributed by atoms with Crippen molar-refractivity contribution in [3.05, 3.63) is 17.7 Å². The molecule has 2 fully saturated rings. The van der Waals surface area contributed by atoms with Crippen molar-refractivity contribution < 1.29 is 0 Å². The molecule has 0 aliphatic heterocycles. The average Bonchev–Trinajstić information content (AvgIpc) is 3.05. The highest BCUT2D eigenvalue weighted by molar-refractivity contribution is 5.05. The zero-order chi connectivity index (χ0) is 12.5. The van der Waals surface area contributed by atoms with Crippen molar-refractivity contribution in [2.24, 2.45) is 17.8 Å². The third kappa shape index (κ3) is 2.20. The first kappa shape index (κ1) is 12.2. The monoisotopic (exact) mass is 247 g/mol. The van der Waals surface area contributed by atoms with E-state index < -0.39 is 0 Å². The lowest BCUT2D eigenvalue weighted by Crippen LogP contribution is -2.22. The summed E-state index contributed by atoms with van der Waals surface area (Å²) in [7, 11) is 0. The molecule has 0 spiro atoms. The Hall–Kier alpha value is -0.830. The maximum Gasteiger partial charge on any atom is 0.105 e. The Balaban J connectivity index is 1.69. The fourth-order valence-corrected chi connectivity index (χ4v) is 3.99. The molecule has 1 N–H and O–H groups in total. The third-order valence-corrected chi connectivity index (χ3v) is 5.00. The predicted octanol–water partition coefficient (Wildman–Crippen LogP) is 2.74. The molecule has 0 amide bonds. The van der Waals surface area contributed by atoms with Crippen LogP contribution in [0.2, 0.25) is 0 Å². The molecular weight excluding hydrogens is 222 g/mol. The zero-order valence-electron chi connectivity index (χ0n) is 11.7. The molecule has 3 nitrogen and oxygen atoms in total. The summed E-state index contributed by atoms with van der Waals surface area (Å²) in [5.74, 6) is 4.15. The second-order valence-corrected chi connectivity index (χ2v) is 6.12. The lowest BCUT2D eigenvalue weighted by Gasteiger charge is -2.23. The van der Waals surface area contributed by atoms with E-state index in [9.17, 15) is 0 Å². The Bertz CT molecular complexity index is 410. The van der Waals surface area contributed by atoms with Crippen LogP contribution in [-0.2, 0) is 13.1 Å². The molecule has 2 aliphatic carbocycles. The van der Waals surface area contributed by atoms with Gasteiger partial charge in [-0.25, -0.2) is 4.98 Å². The third-order valence-electron chi connectivity index (χ3n) is 5.00. The van der Waals surface area contributed by atoms with Crippen LogP contribution < -0.4 is 5.32 Å². The molecule has 0 aromatic carbocycles. The fraction of sp³-hybridized carbons (Fsp3) is 0.800. The smallest absolute Gasteiger partial charge is 0.105 e. The van der Waals surface area contributed by atoms with E-state index in [2.05, 4.69) is 28.7 Å². The van der Waals surface area contributed by atoms with E-state index in [1.54, 1.807) is 0 Å². The van der Waals surface area contributed by atoms with Crippen LogP contribution in [0.1, 0.15) is 44.1 Å². The van der Waals surface area contributed by atoms with Gasteiger partial charge < -0.3 is 9.88 Å². The van der Waals surface area contributed by atoms with E-state index in [4.69, 9.17) is 0 Å². The molecule has 3 heteroatoms. The van der Waals surface area contributed by atoms with Crippen LogP contribution in [0.4, 0.5) is 0 Å². The minimum absolute atomic E-state index is 0.914. The van der Waals surface area contributed by atoms with Crippen LogP contribution in [0.5, 0.6) is 0 Å². The summed E-state index contributed by atoms with van der Waals surface area (Å²) in [5.41, 5.74) is 1.36. The van der Waals surface area contributed by atoms with E-state index in [-0.39, 0.29) is 0 Å². The molecule has 2 aliphatic rings.